The van der Waals surface area contributed by atoms with Crippen molar-refractivity contribution in [2.45, 2.75) is 23.8 Å². The number of methoxy groups -OCH3 is 1. The molecule has 3 aromatic rings. The molecule has 0 radical (unpaired) electrons. The second kappa shape index (κ2) is 9.18. The van der Waals surface area contributed by atoms with E-state index in [2.05, 4.69) is 5.32 Å². The van der Waals surface area contributed by atoms with E-state index in [0.29, 0.717) is 22.6 Å². The van der Waals surface area contributed by atoms with Gasteiger partial charge in [-0.05, 0) is 42.3 Å². The number of aryl methyl sites for hydroxylation is 1. The number of fused-ring (bicyclic) bond motifs is 2. The van der Waals surface area contributed by atoms with Crippen molar-refractivity contribution in [3.8, 4) is 5.75 Å². The number of anilines is 1. The van der Waals surface area contributed by atoms with Gasteiger partial charge in [-0.25, -0.2) is 17.9 Å². The number of rotatable bonds is 5. The molecule has 1 unspecified atom stereocenters. The molecule has 0 aromatic heterocycles. The summed E-state index contributed by atoms with van der Waals surface area (Å²) in [4.78, 5) is 27.9. The number of hydrogen-bond acceptors (Lipinski definition) is 5. The van der Waals surface area contributed by atoms with Crippen molar-refractivity contribution in [1.82, 2.24) is 10.0 Å². The van der Waals surface area contributed by atoms with Crippen LogP contribution in [0.5, 0.6) is 5.75 Å². The van der Waals surface area contributed by atoms with Crippen LogP contribution >= 0.6 is 0 Å². The second-order valence-electron chi connectivity index (χ2n) is 8.03. The van der Waals surface area contributed by atoms with E-state index in [1.54, 1.807) is 44.3 Å². The summed E-state index contributed by atoms with van der Waals surface area (Å²) < 4.78 is 33.3. The van der Waals surface area contributed by atoms with E-state index in [0.717, 1.165) is 5.56 Å². The van der Waals surface area contributed by atoms with Gasteiger partial charge in [-0.1, -0.05) is 48.5 Å². The van der Waals surface area contributed by atoms with Crippen molar-refractivity contribution >= 4 is 27.6 Å². The minimum Gasteiger partial charge on any atom is -0.496 e. The fourth-order valence-corrected chi connectivity index (χ4v) is 5.38. The van der Waals surface area contributed by atoms with Gasteiger partial charge in [0.25, 0.3) is 10.0 Å². The molecule has 1 aliphatic rings. The van der Waals surface area contributed by atoms with E-state index in [9.17, 15) is 18.0 Å². The number of hydrogen-bond donors (Lipinski definition) is 2. The molecule has 0 saturated carbocycles. The minimum absolute atomic E-state index is 0.0117. The largest absolute Gasteiger partial charge is 0.496 e. The monoisotopic (exact) mass is 479 g/mol. The first-order chi connectivity index (χ1) is 16.2. The lowest BCUT2D eigenvalue weighted by Crippen LogP contribution is -2.53. The summed E-state index contributed by atoms with van der Waals surface area (Å²) >= 11 is 0. The first-order valence-electron chi connectivity index (χ1n) is 10.6. The molecular formula is C25H25N3O5S. The number of nitrogens with one attached hydrogen (secondary N) is 2. The molecule has 0 spiro atoms. The van der Waals surface area contributed by atoms with Crippen molar-refractivity contribution in [3.05, 3.63) is 89.5 Å². The molecule has 1 heterocycles. The van der Waals surface area contributed by atoms with Crippen LogP contribution in [0.2, 0.25) is 0 Å². The molecule has 2 bridgehead atoms. The predicted octanol–water partition coefficient (Wildman–Crippen LogP) is 3.17. The van der Waals surface area contributed by atoms with Gasteiger partial charge in [0.1, 0.15) is 11.8 Å². The van der Waals surface area contributed by atoms with Gasteiger partial charge >= 0.3 is 6.03 Å². The summed E-state index contributed by atoms with van der Waals surface area (Å²) in [5.74, 6) is -0.443. The molecule has 176 valence electrons. The maximum Gasteiger partial charge on any atom is 0.329 e. The number of nitrogens with zero attached hydrogens (tertiary/aromatic N) is 1. The van der Waals surface area contributed by atoms with Gasteiger partial charge in [0.2, 0.25) is 5.91 Å². The summed E-state index contributed by atoms with van der Waals surface area (Å²) in [5.41, 5.74) is 2.61. The SMILES string of the molecule is COc1ccc2cc1[C@@H](c1ccccc1)C(NC(=O)NS(=O)(=O)c1ccccc1C)C(=O)N2C. The number of benzene rings is 3. The number of carbonyl (C=O) groups excluding carboxylic acids is 2. The van der Waals surface area contributed by atoms with E-state index >= 15 is 0 Å². The predicted molar refractivity (Wildman–Crippen MR) is 129 cm³/mol. The molecule has 2 atom stereocenters. The fraction of sp³-hybridized carbons (Fsp3) is 0.200. The molecule has 4 rings (SSSR count). The Bertz CT molecular complexity index is 1340. The standard InChI is InChI=1S/C25H25N3O5S/c1-16-9-7-8-12-21(16)34(31,32)27-25(30)26-23-22(17-10-5-4-6-11-17)19-15-18(28(2)24(23)29)13-14-20(19)33-3/h4-15,22-23H,1-3H3,(H2,26,27,30)/t22-,23?/m1/s1. The van der Waals surface area contributed by atoms with E-state index in [4.69, 9.17) is 4.74 Å². The second-order valence-corrected chi connectivity index (χ2v) is 9.68. The molecule has 3 aromatic carbocycles. The van der Waals surface area contributed by atoms with Gasteiger partial charge in [-0.3, -0.25) is 4.79 Å². The Hall–Kier alpha value is -3.85. The molecule has 9 heteroatoms. The quantitative estimate of drug-likeness (QED) is 0.585. The first-order valence-corrected chi connectivity index (χ1v) is 12.1. The molecule has 3 amide bonds. The van der Waals surface area contributed by atoms with Crippen LogP contribution in [0.1, 0.15) is 22.6 Å². The van der Waals surface area contributed by atoms with Crippen LogP contribution in [-0.4, -0.2) is 40.6 Å². The van der Waals surface area contributed by atoms with Gasteiger partial charge in [-0.2, -0.15) is 0 Å². The molecule has 0 saturated heterocycles. The van der Waals surface area contributed by atoms with Crippen LogP contribution in [0.4, 0.5) is 10.5 Å². The van der Waals surface area contributed by atoms with Crippen LogP contribution in [0.3, 0.4) is 0 Å². The minimum atomic E-state index is -4.15. The highest BCUT2D eigenvalue weighted by Gasteiger charge is 2.39. The Morgan fingerprint density at radius 1 is 1.00 bits per heavy atom. The number of urea groups is 1. The molecular weight excluding hydrogens is 454 g/mol. The summed E-state index contributed by atoms with van der Waals surface area (Å²) in [6.45, 7) is 1.64. The molecule has 2 N–H and O–H groups in total. The van der Waals surface area contributed by atoms with Crippen LogP contribution in [0.15, 0.2) is 77.7 Å². The van der Waals surface area contributed by atoms with Crippen LogP contribution in [-0.2, 0) is 14.8 Å². The molecule has 1 aliphatic heterocycles. The third-order valence-corrected chi connectivity index (χ3v) is 7.41. The van der Waals surface area contributed by atoms with Gasteiger partial charge in [0, 0.05) is 24.2 Å². The van der Waals surface area contributed by atoms with Gasteiger partial charge in [-0.15, -0.1) is 0 Å². The lowest BCUT2D eigenvalue weighted by atomic mass is 9.84. The van der Waals surface area contributed by atoms with Crippen molar-refractivity contribution in [2.24, 2.45) is 0 Å². The zero-order chi connectivity index (χ0) is 24.5. The topological polar surface area (TPSA) is 105 Å². The maximum atomic E-state index is 13.5. The van der Waals surface area contributed by atoms with Gasteiger partial charge in [0.15, 0.2) is 0 Å². The Morgan fingerprint density at radius 3 is 2.35 bits per heavy atom. The first kappa shape index (κ1) is 23.3. The van der Waals surface area contributed by atoms with E-state index in [1.807, 2.05) is 41.1 Å². The van der Waals surface area contributed by atoms with Gasteiger partial charge in [0.05, 0.1) is 12.0 Å². The smallest absolute Gasteiger partial charge is 0.329 e. The van der Waals surface area contributed by atoms with E-state index in [1.165, 1.54) is 18.1 Å². The third-order valence-electron chi connectivity index (χ3n) is 5.92. The highest BCUT2D eigenvalue weighted by Crippen LogP contribution is 2.40. The molecule has 8 nitrogen and oxygen atoms in total. The summed E-state index contributed by atoms with van der Waals surface area (Å²) in [5, 5.41) is 2.62. The van der Waals surface area contributed by atoms with Crippen molar-refractivity contribution in [2.75, 3.05) is 19.1 Å². The van der Waals surface area contributed by atoms with Crippen LogP contribution in [0, 0.1) is 6.92 Å². The summed E-state index contributed by atoms with van der Waals surface area (Å²) in [7, 11) is -1.00. The molecule has 34 heavy (non-hydrogen) atoms. The Labute approximate surface area is 198 Å². The van der Waals surface area contributed by atoms with E-state index in [-0.39, 0.29) is 10.8 Å². The highest BCUT2D eigenvalue weighted by molar-refractivity contribution is 7.90. The Kier molecular flexibility index (Phi) is 6.30. The number of amides is 3. The number of sulfonamides is 1. The summed E-state index contributed by atoms with van der Waals surface area (Å²) in [6.07, 6.45) is 0. The maximum absolute atomic E-state index is 13.5. The van der Waals surface area contributed by atoms with Gasteiger partial charge < -0.3 is 15.0 Å². The van der Waals surface area contributed by atoms with Crippen LogP contribution < -0.4 is 19.7 Å². The average Bonchev–Trinajstić information content (AvgIpc) is 2.89. The molecule has 0 aliphatic carbocycles. The zero-order valence-electron chi connectivity index (χ0n) is 19.0. The highest BCUT2D eigenvalue weighted by atomic mass is 32.2. The summed E-state index contributed by atoms with van der Waals surface area (Å²) in [6, 6.07) is 18.9. The number of carbonyl (C=O) groups is 2. The lowest BCUT2D eigenvalue weighted by molar-refractivity contribution is -0.120. The number of likely N-dealkylation sites (N-methyl/N-ethyl adjacent to an activating group) is 1. The number of ether oxygens (including phenoxy) is 1. The fourth-order valence-electron chi connectivity index (χ4n) is 4.21. The Morgan fingerprint density at radius 2 is 1.68 bits per heavy atom. The average molecular weight is 480 g/mol. The zero-order valence-corrected chi connectivity index (χ0v) is 19.8. The molecule has 0 fully saturated rings. The lowest BCUT2D eigenvalue weighted by Gasteiger charge is -2.28. The third kappa shape index (κ3) is 4.34. The van der Waals surface area contributed by atoms with Crippen molar-refractivity contribution in [1.29, 1.82) is 0 Å². The normalized spacial score (nSPS) is 17.6. The van der Waals surface area contributed by atoms with E-state index < -0.39 is 28.0 Å². The van der Waals surface area contributed by atoms with Crippen molar-refractivity contribution in [3.63, 3.8) is 0 Å². The Balaban J connectivity index is 1.73. The van der Waals surface area contributed by atoms with Crippen molar-refractivity contribution < 1.29 is 22.7 Å². The van der Waals surface area contributed by atoms with Crippen LogP contribution in [0.25, 0.3) is 0 Å².